The van der Waals surface area contributed by atoms with Crippen molar-refractivity contribution < 1.29 is 9.59 Å². The first-order valence-electron chi connectivity index (χ1n) is 6.11. The third-order valence-corrected chi connectivity index (χ3v) is 3.84. The fourth-order valence-corrected chi connectivity index (χ4v) is 2.55. The van der Waals surface area contributed by atoms with Gasteiger partial charge in [0.15, 0.2) is 0 Å². The van der Waals surface area contributed by atoms with Gasteiger partial charge in [-0.25, -0.2) is 0 Å². The Morgan fingerprint density at radius 1 is 1.42 bits per heavy atom. The van der Waals surface area contributed by atoms with Gasteiger partial charge in [-0.15, -0.1) is 0 Å². The van der Waals surface area contributed by atoms with Gasteiger partial charge in [-0.05, 0) is 37.5 Å². The standard InChI is InChI=1S/C13H14BrClN2O2/c14-8-4-5-10(15)9(7-8)12(18)17-11-3-1-2-6-16-13(11)19/h4-5,7,11H,1-3,6H2,(H,16,19)(H,17,18). The average molecular weight is 346 g/mol. The van der Waals surface area contributed by atoms with Crippen molar-refractivity contribution in [2.75, 3.05) is 6.54 Å². The minimum atomic E-state index is -0.481. The van der Waals surface area contributed by atoms with Gasteiger partial charge in [0, 0.05) is 11.0 Å². The molecule has 1 saturated heterocycles. The van der Waals surface area contributed by atoms with Crippen molar-refractivity contribution in [2.24, 2.45) is 0 Å². The van der Waals surface area contributed by atoms with E-state index in [1.807, 2.05) is 0 Å². The van der Waals surface area contributed by atoms with E-state index in [4.69, 9.17) is 11.6 Å². The minimum absolute atomic E-state index is 0.128. The number of halogens is 2. The molecular weight excluding hydrogens is 332 g/mol. The first-order valence-corrected chi connectivity index (χ1v) is 7.28. The lowest BCUT2D eigenvalue weighted by molar-refractivity contribution is -0.122. The summed E-state index contributed by atoms with van der Waals surface area (Å²) in [4.78, 5) is 23.9. The van der Waals surface area contributed by atoms with Gasteiger partial charge in [0.2, 0.25) is 5.91 Å². The zero-order valence-electron chi connectivity index (χ0n) is 10.2. The number of nitrogens with one attached hydrogen (secondary N) is 2. The van der Waals surface area contributed by atoms with Gasteiger partial charge in [-0.1, -0.05) is 27.5 Å². The van der Waals surface area contributed by atoms with E-state index in [9.17, 15) is 9.59 Å². The molecule has 2 N–H and O–H groups in total. The van der Waals surface area contributed by atoms with Crippen LogP contribution in [0, 0.1) is 0 Å². The van der Waals surface area contributed by atoms with E-state index in [0.29, 0.717) is 23.6 Å². The molecule has 4 nitrogen and oxygen atoms in total. The summed E-state index contributed by atoms with van der Waals surface area (Å²) < 4.78 is 0.771. The number of hydrogen-bond donors (Lipinski definition) is 2. The molecule has 1 atom stereocenters. The Kier molecular flexibility index (Phi) is 4.82. The van der Waals surface area contributed by atoms with Crippen LogP contribution in [0.25, 0.3) is 0 Å². The highest BCUT2D eigenvalue weighted by molar-refractivity contribution is 9.10. The maximum absolute atomic E-state index is 12.1. The van der Waals surface area contributed by atoms with Gasteiger partial charge < -0.3 is 10.6 Å². The first kappa shape index (κ1) is 14.3. The topological polar surface area (TPSA) is 58.2 Å². The number of benzene rings is 1. The van der Waals surface area contributed by atoms with E-state index < -0.39 is 6.04 Å². The molecule has 19 heavy (non-hydrogen) atoms. The maximum atomic E-state index is 12.1. The summed E-state index contributed by atoms with van der Waals surface area (Å²) in [6.45, 7) is 0.669. The molecule has 1 heterocycles. The Bertz CT molecular complexity index is 507. The zero-order valence-corrected chi connectivity index (χ0v) is 12.6. The SMILES string of the molecule is O=C(NC1CCCCNC1=O)c1cc(Br)ccc1Cl. The third kappa shape index (κ3) is 3.70. The number of amides is 2. The molecule has 2 rings (SSSR count). The molecule has 0 aliphatic carbocycles. The van der Waals surface area contributed by atoms with E-state index >= 15 is 0 Å². The van der Waals surface area contributed by atoms with Crippen LogP contribution in [0.5, 0.6) is 0 Å². The van der Waals surface area contributed by atoms with E-state index in [2.05, 4.69) is 26.6 Å². The highest BCUT2D eigenvalue weighted by atomic mass is 79.9. The second-order valence-corrected chi connectivity index (χ2v) is 5.76. The molecule has 2 amide bonds. The van der Waals surface area contributed by atoms with Crippen LogP contribution in [0.4, 0.5) is 0 Å². The Hall–Kier alpha value is -1.07. The molecule has 0 spiro atoms. The predicted octanol–water partition coefficient (Wildman–Crippen LogP) is 2.50. The highest BCUT2D eigenvalue weighted by Crippen LogP contribution is 2.21. The number of hydrogen-bond acceptors (Lipinski definition) is 2. The molecular formula is C13H14BrClN2O2. The van der Waals surface area contributed by atoms with E-state index in [1.54, 1.807) is 18.2 Å². The minimum Gasteiger partial charge on any atom is -0.354 e. The lowest BCUT2D eigenvalue weighted by Gasteiger charge is -2.15. The van der Waals surface area contributed by atoms with Gasteiger partial charge in [0.1, 0.15) is 6.04 Å². The van der Waals surface area contributed by atoms with Crippen LogP contribution >= 0.6 is 27.5 Å². The monoisotopic (exact) mass is 344 g/mol. The number of rotatable bonds is 2. The summed E-state index contributed by atoms with van der Waals surface area (Å²) >= 11 is 9.29. The summed E-state index contributed by atoms with van der Waals surface area (Å²) in [5.74, 6) is -0.453. The van der Waals surface area contributed by atoms with Crippen molar-refractivity contribution in [3.05, 3.63) is 33.3 Å². The lowest BCUT2D eigenvalue weighted by atomic mass is 10.1. The summed E-state index contributed by atoms with van der Waals surface area (Å²) in [5, 5.41) is 5.89. The summed E-state index contributed by atoms with van der Waals surface area (Å²) in [7, 11) is 0. The molecule has 102 valence electrons. The summed E-state index contributed by atoms with van der Waals surface area (Å²) in [6, 6.07) is 4.57. The van der Waals surface area contributed by atoms with Gasteiger partial charge >= 0.3 is 0 Å². The Morgan fingerprint density at radius 2 is 2.21 bits per heavy atom. The van der Waals surface area contributed by atoms with Crippen LogP contribution in [0.3, 0.4) is 0 Å². The first-order chi connectivity index (χ1) is 9.08. The molecule has 1 aliphatic heterocycles. The fraction of sp³-hybridized carbons (Fsp3) is 0.385. The number of carbonyl (C=O) groups is 2. The van der Waals surface area contributed by atoms with E-state index in [-0.39, 0.29) is 11.8 Å². The zero-order chi connectivity index (χ0) is 13.8. The lowest BCUT2D eigenvalue weighted by Crippen LogP contribution is -2.45. The molecule has 1 aromatic carbocycles. The number of carbonyl (C=O) groups excluding carboxylic acids is 2. The van der Waals surface area contributed by atoms with Crippen molar-refractivity contribution in [3.8, 4) is 0 Å². The van der Waals surface area contributed by atoms with Crippen LogP contribution in [-0.4, -0.2) is 24.4 Å². The predicted molar refractivity (Wildman–Crippen MR) is 77.3 cm³/mol. The van der Waals surface area contributed by atoms with E-state index in [0.717, 1.165) is 17.3 Å². The van der Waals surface area contributed by atoms with Crippen LogP contribution in [0.2, 0.25) is 5.02 Å². The van der Waals surface area contributed by atoms with Gasteiger partial charge in [0.05, 0.1) is 10.6 Å². The third-order valence-electron chi connectivity index (χ3n) is 3.01. The molecule has 0 aromatic heterocycles. The largest absolute Gasteiger partial charge is 0.354 e. The molecule has 0 bridgehead atoms. The Labute approximate surface area is 125 Å². The summed E-state index contributed by atoms with van der Waals surface area (Å²) in [5.41, 5.74) is 0.369. The smallest absolute Gasteiger partial charge is 0.253 e. The van der Waals surface area contributed by atoms with Gasteiger partial charge in [-0.2, -0.15) is 0 Å². The highest BCUT2D eigenvalue weighted by Gasteiger charge is 2.23. The second kappa shape index (κ2) is 6.39. The molecule has 1 fully saturated rings. The molecule has 1 aliphatic rings. The van der Waals surface area contributed by atoms with Gasteiger partial charge in [-0.3, -0.25) is 9.59 Å². The molecule has 1 unspecified atom stereocenters. The fourth-order valence-electron chi connectivity index (χ4n) is 1.98. The van der Waals surface area contributed by atoms with Crippen molar-refractivity contribution >= 4 is 39.3 Å². The van der Waals surface area contributed by atoms with Crippen molar-refractivity contribution in [1.29, 1.82) is 0 Å². The molecule has 0 radical (unpaired) electrons. The van der Waals surface area contributed by atoms with Gasteiger partial charge in [0.25, 0.3) is 5.91 Å². The van der Waals surface area contributed by atoms with Crippen molar-refractivity contribution in [1.82, 2.24) is 10.6 Å². The molecule has 0 saturated carbocycles. The Morgan fingerprint density at radius 3 is 3.00 bits per heavy atom. The quantitative estimate of drug-likeness (QED) is 0.865. The van der Waals surface area contributed by atoms with Crippen LogP contribution in [0.1, 0.15) is 29.6 Å². The molecule has 1 aromatic rings. The van der Waals surface area contributed by atoms with E-state index in [1.165, 1.54) is 0 Å². The van der Waals surface area contributed by atoms with Crippen LogP contribution in [0.15, 0.2) is 22.7 Å². The molecule has 6 heteroatoms. The maximum Gasteiger partial charge on any atom is 0.253 e. The Balaban J connectivity index is 2.11. The van der Waals surface area contributed by atoms with Crippen molar-refractivity contribution in [2.45, 2.75) is 25.3 Å². The average Bonchev–Trinajstić information content (AvgIpc) is 2.58. The summed E-state index contributed by atoms with van der Waals surface area (Å²) in [6.07, 6.45) is 2.51. The normalized spacial score (nSPS) is 19.5. The van der Waals surface area contributed by atoms with Crippen LogP contribution < -0.4 is 10.6 Å². The second-order valence-electron chi connectivity index (χ2n) is 4.44. The van der Waals surface area contributed by atoms with Crippen LogP contribution in [-0.2, 0) is 4.79 Å². The van der Waals surface area contributed by atoms with Crippen molar-refractivity contribution in [3.63, 3.8) is 0 Å².